The Morgan fingerprint density at radius 3 is 3.11 bits per heavy atom. The van der Waals surface area contributed by atoms with Gasteiger partial charge in [-0.15, -0.1) is 5.10 Å². The second kappa shape index (κ2) is 5.76. The topological polar surface area (TPSA) is 74.6 Å². The van der Waals surface area contributed by atoms with Gasteiger partial charge in [0.1, 0.15) is 5.75 Å². The molecule has 0 aliphatic rings. The number of halogens is 1. The smallest absolute Gasteiger partial charge is 0.209 e. The summed E-state index contributed by atoms with van der Waals surface area (Å²) in [6, 6.07) is 7.28. The molecule has 1 aromatic carbocycles. The fourth-order valence-electron chi connectivity index (χ4n) is 1.39. The van der Waals surface area contributed by atoms with Gasteiger partial charge < -0.3 is 4.74 Å². The number of hydrogen-bond acceptors (Lipinski definition) is 5. The van der Waals surface area contributed by atoms with Gasteiger partial charge in [0.2, 0.25) is 5.16 Å². The predicted octanol–water partition coefficient (Wildman–Crippen LogP) is 2.75. The average Bonchev–Trinajstić information content (AvgIpc) is 2.85. The minimum Gasteiger partial charge on any atom is -0.496 e. The van der Waals surface area contributed by atoms with E-state index >= 15 is 0 Å². The van der Waals surface area contributed by atoms with Gasteiger partial charge in [-0.1, -0.05) is 23.4 Å². The Morgan fingerprint density at radius 1 is 1.56 bits per heavy atom. The van der Waals surface area contributed by atoms with Crippen LogP contribution in [0.15, 0.2) is 23.4 Å². The highest BCUT2D eigenvalue weighted by Gasteiger charge is 2.11. The van der Waals surface area contributed by atoms with E-state index in [1.807, 2.05) is 6.07 Å². The normalized spacial score (nSPS) is 10.1. The molecule has 0 atom stereocenters. The molecule has 1 aromatic heterocycles. The van der Waals surface area contributed by atoms with Gasteiger partial charge in [-0.3, -0.25) is 5.10 Å². The van der Waals surface area contributed by atoms with Crippen LogP contribution in [0, 0.1) is 11.3 Å². The van der Waals surface area contributed by atoms with E-state index < -0.39 is 0 Å². The zero-order valence-electron chi connectivity index (χ0n) is 9.48. The lowest BCUT2D eigenvalue weighted by atomic mass is 10.2. The first-order chi connectivity index (χ1) is 8.74. The number of methoxy groups -OCH3 is 1. The van der Waals surface area contributed by atoms with E-state index in [2.05, 4.69) is 15.2 Å². The van der Waals surface area contributed by atoms with E-state index in [-0.39, 0.29) is 0 Å². The number of hydrogen-bond donors (Lipinski definition) is 1. The highest BCUT2D eigenvalue weighted by molar-refractivity contribution is 7.99. The fraction of sp³-hybridized carbons (Fsp3) is 0.182. The zero-order valence-corrected chi connectivity index (χ0v) is 11.0. The van der Waals surface area contributed by atoms with E-state index in [9.17, 15) is 0 Å². The van der Waals surface area contributed by atoms with Crippen LogP contribution in [0.1, 0.15) is 0 Å². The third kappa shape index (κ3) is 2.75. The number of rotatable bonds is 4. The maximum atomic E-state index is 8.50. The largest absolute Gasteiger partial charge is 0.496 e. The lowest BCUT2D eigenvalue weighted by Crippen LogP contribution is -1.89. The first kappa shape index (κ1) is 12.7. The maximum absolute atomic E-state index is 8.50. The number of nitriles is 1. The van der Waals surface area contributed by atoms with Gasteiger partial charge >= 0.3 is 0 Å². The van der Waals surface area contributed by atoms with Gasteiger partial charge in [0.05, 0.1) is 24.5 Å². The molecule has 18 heavy (non-hydrogen) atoms. The van der Waals surface area contributed by atoms with Crippen molar-refractivity contribution in [2.24, 2.45) is 0 Å². The highest BCUT2D eigenvalue weighted by atomic mass is 35.5. The summed E-state index contributed by atoms with van der Waals surface area (Å²) < 4.78 is 5.24. The summed E-state index contributed by atoms with van der Waals surface area (Å²) in [5.74, 6) is 1.53. The lowest BCUT2D eigenvalue weighted by Gasteiger charge is -2.05. The third-order valence-electron chi connectivity index (χ3n) is 2.15. The number of thioether (sulfide) groups is 1. The van der Waals surface area contributed by atoms with Crippen molar-refractivity contribution < 1.29 is 4.74 Å². The quantitative estimate of drug-likeness (QED) is 0.872. The van der Waals surface area contributed by atoms with Crippen molar-refractivity contribution in [1.82, 2.24) is 15.2 Å². The van der Waals surface area contributed by atoms with Crippen LogP contribution in [0.5, 0.6) is 5.75 Å². The first-order valence-corrected chi connectivity index (χ1v) is 6.37. The van der Waals surface area contributed by atoms with Crippen LogP contribution in [-0.4, -0.2) is 28.0 Å². The number of H-pyrrole nitrogens is 1. The van der Waals surface area contributed by atoms with Crippen molar-refractivity contribution in [2.45, 2.75) is 5.16 Å². The van der Waals surface area contributed by atoms with Crippen molar-refractivity contribution >= 4 is 23.4 Å². The molecule has 0 aliphatic carbocycles. The summed E-state index contributed by atoms with van der Waals surface area (Å²) in [5.41, 5.74) is 0.737. The summed E-state index contributed by atoms with van der Waals surface area (Å²) in [4.78, 5) is 4.27. The maximum Gasteiger partial charge on any atom is 0.209 e. The number of aromatic nitrogens is 3. The molecule has 0 unspecified atom stereocenters. The Hall–Kier alpha value is -1.71. The van der Waals surface area contributed by atoms with Gasteiger partial charge in [-0.2, -0.15) is 5.26 Å². The Labute approximate surface area is 113 Å². The van der Waals surface area contributed by atoms with E-state index in [1.54, 1.807) is 25.3 Å². The summed E-state index contributed by atoms with van der Waals surface area (Å²) in [5, 5.41) is 16.4. The van der Waals surface area contributed by atoms with Crippen LogP contribution in [0.25, 0.3) is 11.4 Å². The van der Waals surface area contributed by atoms with Crippen molar-refractivity contribution in [3.8, 4) is 23.2 Å². The number of ether oxygens (including phenoxy) is 1. The number of nitrogens with one attached hydrogen (secondary N) is 1. The van der Waals surface area contributed by atoms with E-state index in [4.69, 9.17) is 21.6 Å². The molecule has 0 aliphatic heterocycles. The minimum absolute atomic E-state index is 0.309. The van der Waals surface area contributed by atoms with Crippen molar-refractivity contribution in [1.29, 1.82) is 5.26 Å². The molecule has 5 nitrogen and oxygen atoms in total. The molecule has 1 N–H and O–H groups in total. The molecule has 0 saturated heterocycles. The molecular weight excluding hydrogens is 272 g/mol. The van der Waals surface area contributed by atoms with E-state index in [0.29, 0.717) is 27.5 Å². The highest BCUT2D eigenvalue weighted by Crippen LogP contribution is 2.30. The average molecular weight is 281 g/mol. The Kier molecular flexibility index (Phi) is 4.07. The lowest BCUT2D eigenvalue weighted by molar-refractivity contribution is 0.416. The molecule has 1 heterocycles. The van der Waals surface area contributed by atoms with Crippen molar-refractivity contribution in [2.75, 3.05) is 12.9 Å². The summed E-state index contributed by atoms with van der Waals surface area (Å²) in [6.07, 6.45) is 0. The molecule has 2 rings (SSSR count). The Bertz CT molecular complexity index is 593. The van der Waals surface area contributed by atoms with Gasteiger partial charge in [0, 0.05) is 5.02 Å². The number of aromatic amines is 1. The second-order valence-corrected chi connectivity index (χ2v) is 4.64. The van der Waals surface area contributed by atoms with Crippen molar-refractivity contribution in [3.05, 3.63) is 23.2 Å². The SMILES string of the molecule is COc1ccc(Cl)cc1-c1nc(SCC#N)n[nH]1. The van der Waals surface area contributed by atoms with Crippen LogP contribution in [0.4, 0.5) is 0 Å². The predicted molar refractivity (Wildman–Crippen MR) is 69.7 cm³/mol. The van der Waals surface area contributed by atoms with Crippen LogP contribution in [0.2, 0.25) is 5.02 Å². The summed E-state index contributed by atoms with van der Waals surface area (Å²) >= 11 is 7.21. The van der Waals surface area contributed by atoms with Crippen LogP contribution in [-0.2, 0) is 0 Å². The number of benzene rings is 1. The zero-order chi connectivity index (χ0) is 13.0. The molecule has 0 amide bonds. The van der Waals surface area contributed by atoms with E-state index in [1.165, 1.54) is 11.8 Å². The first-order valence-electron chi connectivity index (χ1n) is 5.00. The van der Waals surface area contributed by atoms with Gasteiger partial charge in [-0.25, -0.2) is 4.98 Å². The molecule has 0 spiro atoms. The molecule has 0 saturated carbocycles. The Balaban J connectivity index is 2.33. The standard InChI is InChI=1S/C11H9ClN4OS/c1-17-9-3-2-7(12)6-8(9)10-14-11(16-15-10)18-5-4-13/h2-3,6H,5H2,1H3,(H,14,15,16). The molecular formula is C11H9ClN4OS. The number of nitrogens with zero attached hydrogens (tertiary/aromatic N) is 3. The van der Waals surface area contributed by atoms with Gasteiger partial charge in [0.15, 0.2) is 5.82 Å². The monoisotopic (exact) mass is 280 g/mol. The molecule has 7 heteroatoms. The van der Waals surface area contributed by atoms with Crippen molar-refractivity contribution in [3.63, 3.8) is 0 Å². The second-order valence-electron chi connectivity index (χ2n) is 3.26. The molecule has 0 fully saturated rings. The third-order valence-corrected chi connectivity index (χ3v) is 3.10. The summed E-state index contributed by atoms with van der Waals surface area (Å²) in [6.45, 7) is 0. The minimum atomic E-state index is 0.309. The van der Waals surface area contributed by atoms with Crippen LogP contribution in [0.3, 0.4) is 0 Å². The van der Waals surface area contributed by atoms with E-state index in [0.717, 1.165) is 5.56 Å². The van der Waals surface area contributed by atoms with Gasteiger partial charge in [0.25, 0.3) is 0 Å². The Morgan fingerprint density at radius 2 is 2.39 bits per heavy atom. The van der Waals surface area contributed by atoms with Crippen LogP contribution < -0.4 is 4.74 Å². The fourth-order valence-corrected chi connectivity index (χ4v) is 2.03. The summed E-state index contributed by atoms with van der Waals surface area (Å²) in [7, 11) is 1.58. The molecule has 0 bridgehead atoms. The molecule has 2 aromatic rings. The van der Waals surface area contributed by atoms with Gasteiger partial charge in [-0.05, 0) is 18.2 Å². The molecule has 0 radical (unpaired) electrons. The molecule has 92 valence electrons. The van der Waals surface area contributed by atoms with Crippen LogP contribution >= 0.6 is 23.4 Å².